The minimum absolute atomic E-state index is 0.140. The third-order valence-corrected chi connectivity index (χ3v) is 1.60. The highest BCUT2D eigenvalue weighted by Crippen LogP contribution is 2.06. The summed E-state index contributed by atoms with van der Waals surface area (Å²) in [6, 6.07) is 0. The van der Waals surface area contributed by atoms with Crippen molar-refractivity contribution < 1.29 is 9.90 Å². The summed E-state index contributed by atoms with van der Waals surface area (Å²) < 4.78 is 0. The number of Topliss-reactive ketones (excluding diaryl/α,β-unsaturated/α-hetero) is 1. The van der Waals surface area contributed by atoms with E-state index in [9.17, 15) is 9.90 Å². The molecule has 0 saturated carbocycles. The summed E-state index contributed by atoms with van der Waals surface area (Å²) in [6.45, 7) is 5.64. The Balaban J connectivity index is 3.57. The summed E-state index contributed by atoms with van der Waals surface area (Å²) >= 11 is 0. The van der Waals surface area contributed by atoms with E-state index in [1.54, 1.807) is 0 Å². The molecular formula is C8H16O2. The Kier molecular flexibility index (Phi) is 4.28. The molecule has 0 aromatic carbocycles. The Morgan fingerprint density at radius 3 is 2.30 bits per heavy atom. The molecule has 0 aliphatic rings. The van der Waals surface area contributed by atoms with Crippen LogP contribution in [0.1, 0.15) is 33.6 Å². The lowest BCUT2D eigenvalue weighted by Crippen LogP contribution is -2.18. The zero-order chi connectivity index (χ0) is 8.15. The van der Waals surface area contributed by atoms with Gasteiger partial charge in [-0.1, -0.05) is 20.8 Å². The number of aliphatic hydroxyl groups excluding tert-OH is 1. The van der Waals surface area contributed by atoms with Crippen LogP contribution in [0.3, 0.4) is 0 Å². The van der Waals surface area contributed by atoms with Gasteiger partial charge in [0.05, 0.1) is 6.10 Å². The Bertz CT molecular complexity index is 108. The molecule has 10 heavy (non-hydrogen) atoms. The zero-order valence-electron chi connectivity index (χ0n) is 6.92. The fourth-order valence-corrected chi connectivity index (χ4v) is 0.613. The highest BCUT2D eigenvalue weighted by atomic mass is 16.3. The number of aliphatic hydroxyl groups is 1. The van der Waals surface area contributed by atoms with Crippen molar-refractivity contribution in [1.82, 2.24) is 0 Å². The Morgan fingerprint density at radius 2 is 2.00 bits per heavy atom. The summed E-state index contributed by atoms with van der Waals surface area (Å²) in [7, 11) is 0. The number of hydrogen-bond acceptors (Lipinski definition) is 2. The molecule has 0 unspecified atom stereocenters. The molecule has 1 atom stereocenters. The summed E-state index contributed by atoms with van der Waals surface area (Å²) in [5.74, 6) is 0.330. The van der Waals surface area contributed by atoms with Crippen molar-refractivity contribution >= 4 is 5.78 Å². The summed E-state index contributed by atoms with van der Waals surface area (Å²) in [5, 5.41) is 9.21. The van der Waals surface area contributed by atoms with Gasteiger partial charge in [0.25, 0.3) is 0 Å². The first kappa shape index (κ1) is 9.63. The minimum atomic E-state index is -0.451. The van der Waals surface area contributed by atoms with Crippen molar-refractivity contribution in [3.8, 4) is 0 Å². The van der Waals surface area contributed by atoms with E-state index in [0.717, 1.165) is 0 Å². The van der Waals surface area contributed by atoms with Crippen molar-refractivity contribution in [1.29, 1.82) is 0 Å². The molecular weight excluding hydrogens is 128 g/mol. The fraction of sp³-hybridized carbons (Fsp3) is 0.875. The lowest BCUT2D eigenvalue weighted by molar-refractivity contribution is -0.121. The molecule has 0 aromatic rings. The molecule has 0 fully saturated rings. The average Bonchev–Trinajstić information content (AvgIpc) is 1.87. The van der Waals surface area contributed by atoms with E-state index in [1.165, 1.54) is 0 Å². The second-order valence-corrected chi connectivity index (χ2v) is 2.91. The summed E-state index contributed by atoms with van der Waals surface area (Å²) in [5.41, 5.74) is 0. The van der Waals surface area contributed by atoms with Crippen molar-refractivity contribution in [2.24, 2.45) is 5.92 Å². The molecule has 0 bridgehead atoms. The van der Waals surface area contributed by atoms with Gasteiger partial charge in [-0.2, -0.15) is 0 Å². The second-order valence-electron chi connectivity index (χ2n) is 2.91. The van der Waals surface area contributed by atoms with Crippen LogP contribution >= 0.6 is 0 Å². The van der Waals surface area contributed by atoms with E-state index in [1.807, 2.05) is 20.8 Å². The maximum atomic E-state index is 10.8. The molecule has 0 saturated heterocycles. The molecule has 0 amide bonds. The van der Waals surface area contributed by atoms with Crippen LogP contribution in [0.4, 0.5) is 0 Å². The van der Waals surface area contributed by atoms with Crippen molar-refractivity contribution in [2.75, 3.05) is 0 Å². The number of ketones is 1. The predicted molar refractivity (Wildman–Crippen MR) is 40.8 cm³/mol. The van der Waals surface area contributed by atoms with Gasteiger partial charge in [0, 0.05) is 12.8 Å². The van der Waals surface area contributed by atoms with Crippen LogP contribution in [0, 0.1) is 5.92 Å². The maximum Gasteiger partial charge on any atom is 0.135 e. The lowest BCUT2D eigenvalue weighted by atomic mass is 10.0. The van der Waals surface area contributed by atoms with E-state index < -0.39 is 6.10 Å². The first-order valence-corrected chi connectivity index (χ1v) is 3.77. The number of hydrogen-bond donors (Lipinski definition) is 1. The highest BCUT2D eigenvalue weighted by Gasteiger charge is 2.12. The van der Waals surface area contributed by atoms with Crippen LogP contribution < -0.4 is 0 Å². The van der Waals surface area contributed by atoms with Gasteiger partial charge in [-0.15, -0.1) is 0 Å². The zero-order valence-corrected chi connectivity index (χ0v) is 6.92. The van der Waals surface area contributed by atoms with Crippen molar-refractivity contribution in [3.05, 3.63) is 0 Å². The lowest BCUT2D eigenvalue weighted by Gasteiger charge is -2.11. The van der Waals surface area contributed by atoms with Gasteiger partial charge < -0.3 is 5.11 Å². The topological polar surface area (TPSA) is 37.3 Å². The van der Waals surface area contributed by atoms with Crippen LogP contribution in [-0.4, -0.2) is 17.0 Å². The van der Waals surface area contributed by atoms with E-state index >= 15 is 0 Å². The van der Waals surface area contributed by atoms with Gasteiger partial charge in [-0.25, -0.2) is 0 Å². The van der Waals surface area contributed by atoms with Crippen LogP contribution in [0.5, 0.6) is 0 Å². The van der Waals surface area contributed by atoms with Crippen LogP contribution in [0.2, 0.25) is 0 Å². The smallest absolute Gasteiger partial charge is 0.135 e. The number of carbonyl (C=O) groups is 1. The van der Waals surface area contributed by atoms with Gasteiger partial charge in [0.15, 0.2) is 0 Å². The Labute approximate surface area is 62.2 Å². The molecule has 0 radical (unpaired) electrons. The summed E-state index contributed by atoms with van der Waals surface area (Å²) in [4.78, 5) is 10.8. The molecule has 0 rings (SSSR count). The maximum absolute atomic E-state index is 10.8. The molecule has 0 spiro atoms. The van der Waals surface area contributed by atoms with Crippen molar-refractivity contribution in [2.45, 2.75) is 39.7 Å². The minimum Gasteiger partial charge on any atom is -0.392 e. The van der Waals surface area contributed by atoms with Gasteiger partial charge in [-0.3, -0.25) is 4.79 Å². The second kappa shape index (κ2) is 4.45. The fourth-order valence-electron chi connectivity index (χ4n) is 0.613. The molecule has 0 aromatic heterocycles. The van der Waals surface area contributed by atoms with Crippen LogP contribution in [0.25, 0.3) is 0 Å². The number of rotatable bonds is 4. The van der Waals surface area contributed by atoms with E-state index in [4.69, 9.17) is 0 Å². The molecule has 0 aliphatic carbocycles. The average molecular weight is 144 g/mol. The molecule has 2 nitrogen and oxygen atoms in total. The summed E-state index contributed by atoms with van der Waals surface area (Å²) in [6.07, 6.45) is 0.394. The SMILES string of the molecule is CCC(=O)C[C@H](O)C(C)C. The third kappa shape index (κ3) is 3.62. The van der Waals surface area contributed by atoms with Gasteiger partial charge in [0.2, 0.25) is 0 Å². The Hall–Kier alpha value is -0.370. The monoisotopic (exact) mass is 144 g/mol. The Morgan fingerprint density at radius 1 is 1.50 bits per heavy atom. The molecule has 0 aliphatic heterocycles. The van der Waals surface area contributed by atoms with E-state index in [0.29, 0.717) is 12.8 Å². The number of carbonyl (C=O) groups excluding carboxylic acids is 1. The van der Waals surface area contributed by atoms with Crippen LogP contribution in [-0.2, 0) is 4.79 Å². The first-order valence-electron chi connectivity index (χ1n) is 3.77. The molecule has 2 heteroatoms. The predicted octanol–water partition coefficient (Wildman–Crippen LogP) is 1.37. The highest BCUT2D eigenvalue weighted by molar-refractivity contribution is 5.78. The van der Waals surface area contributed by atoms with Gasteiger partial charge in [0.1, 0.15) is 5.78 Å². The molecule has 1 N–H and O–H groups in total. The quantitative estimate of drug-likeness (QED) is 0.647. The first-order chi connectivity index (χ1) is 4.57. The molecule has 60 valence electrons. The van der Waals surface area contributed by atoms with E-state index in [-0.39, 0.29) is 11.7 Å². The normalized spacial score (nSPS) is 13.7. The standard InChI is InChI=1S/C8H16O2/c1-4-7(9)5-8(10)6(2)3/h6,8,10H,4-5H2,1-3H3/t8-/m0/s1. The van der Waals surface area contributed by atoms with E-state index in [2.05, 4.69) is 0 Å². The van der Waals surface area contributed by atoms with Gasteiger partial charge >= 0.3 is 0 Å². The molecule has 0 heterocycles. The largest absolute Gasteiger partial charge is 0.392 e. The van der Waals surface area contributed by atoms with Crippen molar-refractivity contribution in [3.63, 3.8) is 0 Å². The third-order valence-electron chi connectivity index (χ3n) is 1.60. The van der Waals surface area contributed by atoms with Gasteiger partial charge in [-0.05, 0) is 5.92 Å². The van der Waals surface area contributed by atoms with Crippen LogP contribution in [0.15, 0.2) is 0 Å².